The summed E-state index contributed by atoms with van der Waals surface area (Å²) in [5, 5.41) is 0. The lowest BCUT2D eigenvalue weighted by atomic mass is 10.3. The largest absolute Gasteiger partial charge is 0.293 e. The molecular weight excluding hydrogens is 240 g/mol. The average Bonchev–Trinajstić information content (AvgIpc) is 2.55. The first-order valence-electron chi connectivity index (χ1n) is 4.88. The zero-order valence-electron chi connectivity index (χ0n) is 8.71. The van der Waals surface area contributed by atoms with E-state index >= 15 is 0 Å². The van der Waals surface area contributed by atoms with Crippen LogP contribution >= 0.6 is 24.0 Å². The fourth-order valence-corrected chi connectivity index (χ4v) is 2.74. The second-order valence-electron chi connectivity index (χ2n) is 3.18. The minimum Gasteiger partial charge on any atom is -0.293 e. The SMILES string of the molecule is CCN1C(=O)/C(=C/c2ccccn2)SC1=S. The Balaban J connectivity index is 2.27. The first-order valence-corrected chi connectivity index (χ1v) is 6.11. The molecular formula is C11H10N2OS2. The van der Waals surface area contributed by atoms with Crippen molar-refractivity contribution in [3.63, 3.8) is 0 Å². The van der Waals surface area contributed by atoms with Crippen molar-refractivity contribution in [1.29, 1.82) is 0 Å². The van der Waals surface area contributed by atoms with Gasteiger partial charge in [0.1, 0.15) is 4.32 Å². The Kier molecular flexibility index (Phi) is 3.36. The van der Waals surface area contributed by atoms with E-state index in [0.29, 0.717) is 15.8 Å². The summed E-state index contributed by atoms with van der Waals surface area (Å²) in [4.78, 5) is 18.3. The molecule has 1 aromatic rings. The molecule has 2 rings (SSSR count). The van der Waals surface area contributed by atoms with Gasteiger partial charge in [-0.3, -0.25) is 14.7 Å². The number of carbonyl (C=O) groups is 1. The van der Waals surface area contributed by atoms with Gasteiger partial charge in [0.15, 0.2) is 0 Å². The van der Waals surface area contributed by atoms with Gasteiger partial charge in [0.2, 0.25) is 0 Å². The van der Waals surface area contributed by atoms with Gasteiger partial charge in [-0.25, -0.2) is 0 Å². The highest BCUT2D eigenvalue weighted by atomic mass is 32.2. The molecule has 0 saturated carbocycles. The van der Waals surface area contributed by atoms with Crippen LogP contribution in [0.5, 0.6) is 0 Å². The molecule has 1 saturated heterocycles. The van der Waals surface area contributed by atoms with E-state index in [0.717, 1.165) is 5.69 Å². The molecule has 3 nitrogen and oxygen atoms in total. The lowest BCUT2D eigenvalue weighted by Crippen LogP contribution is -2.27. The summed E-state index contributed by atoms with van der Waals surface area (Å²) in [6, 6.07) is 5.59. The normalized spacial score (nSPS) is 18.6. The van der Waals surface area contributed by atoms with Gasteiger partial charge in [-0.1, -0.05) is 30.0 Å². The fraction of sp³-hybridized carbons (Fsp3) is 0.182. The second kappa shape index (κ2) is 4.76. The van der Waals surface area contributed by atoms with Gasteiger partial charge in [-0.15, -0.1) is 0 Å². The number of nitrogens with zero attached hydrogens (tertiary/aromatic N) is 2. The summed E-state index contributed by atoms with van der Waals surface area (Å²) in [7, 11) is 0. The van der Waals surface area contributed by atoms with Crippen LogP contribution in [-0.4, -0.2) is 26.7 Å². The predicted octanol–water partition coefficient (Wildman–Crippen LogP) is 2.30. The van der Waals surface area contributed by atoms with Crippen LogP contribution in [0.1, 0.15) is 12.6 Å². The van der Waals surface area contributed by atoms with E-state index in [4.69, 9.17) is 12.2 Å². The van der Waals surface area contributed by atoms with E-state index in [1.165, 1.54) is 11.8 Å². The van der Waals surface area contributed by atoms with Crippen molar-refractivity contribution in [3.05, 3.63) is 35.0 Å². The number of rotatable bonds is 2. The molecule has 0 unspecified atom stereocenters. The van der Waals surface area contributed by atoms with Gasteiger partial charge < -0.3 is 0 Å². The second-order valence-corrected chi connectivity index (χ2v) is 4.86. The summed E-state index contributed by atoms with van der Waals surface area (Å²) in [5.41, 5.74) is 0.777. The van der Waals surface area contributed by atoms with Crippen molar-refractivity contribution < 1.29 is 4.79 Å². The quantitative estimate of drug-likeness (QED) is 0.595. The molecule has 5 heteroatoms. The maximum Gasteiger partial charge on any atom is 0.266 e. The van der Waals surface area contributed by atoms with Crippen molar-refractivity contribution in [2.45, 2.75) is 6.92 Å². The zero-order valence-corrected chi connectivity index (χ0v) is 10.3. The Bertz CT molecular complexity index is 456. The molecule has 0 radical (unpaired) electrons. The maximum absolute atomic E-state index is 11.9. The summed E-state index contributed by atoms with van der Waals surface area (Å²) in [6.07, 6.45) is 3.47. The third-order valence-corrected chi connectivity index (χ3v) is 3.53. The van der Waals surface area contributed by atoms with E-state index in [-0.39, 0.29) is 5.91 Å². The molecule has 1 fully saturated rings. The van der Waals surface area contributed by atoms with Gasteiger partial charge >= 0.3 is 0 Å². The average molecular weight is 250 g/mol. The van der Waals surface area contributed by atoms with E-state index in [1.807, 2.05) is 25.1 Å². The van der Waals surface area contributed by atoms with E-state index in [9.17, 15) is 4.79 Å². The van der Waals surface area contributed by atoms with Gasteiger partial charge in [-0.2, -0.15) is 0 Å². The van der Waals surface area contributed by atoms with Crippen molar-refractivity contribution in [2.75, 3.05) is 6.54 Å². The predicted molar refractivity (Wildman–Crippen MR) is 69.8 cm³/mol. The molecule has 0 aromatic carbocycles. The Labute approximate surface area is 104 Å². The lowest BCUT2D eigenvalue weighted by Gasteiger charge is -2.09. The molecule has 1 aliphatic heterocycles. The van der Waals surface area contributed by atoms with Crippen LogP contribution in [0.15, 0.2) is 29.3 Å². The van der Waals surface area contributed by atoms with Crippen molar-refractivity contribution >= 4 is 40.3 Å². The van der Waals surface area contributed by atoms with Gasteiger partial charge in [0, 0.05) is 12.7 Å². The lowest BCUT2D eigenvalue weighted by molar-refractivity contribution is -0.121. The van der Waals surface area contributed by atoms with Gasteiger partial charge in [0.25, 0.3) is 5.91 Å². The summed E-state index contributed by atoms with van der Waals surface area (Å²) in [5.74, 6) is -0.0249. The minimum absolute atomic E-state index is 0.0249. The Morgan fingerprint density at radius 1 is 1.56 bits per heavy atom. The van der Waals surface area contributed by atoms with Crippen molar-refractivity contribution in [1.82, 2.24) is 9.88 Å². The molecule has 0 bridgehead atoms. The Hall–Kier alpha value is -1.20. The molecule has 1 aliphatic rings. The first kappa shape index (κ1) is 11.3. The van der Waals surface area contributed by atoms with Crippen LogP contribution in [-0.2, 0) is 4.79 Å². The van der Waals surface area contributed by atoms with Crippen molar-refractivity contribution in [2.24, 2.45) is 0 Å². The van der Waals surface area contributed by atoms with E-state index < -0.39 is 0 Å². The van der Waals surface area contributed by atoms with Crippen LogP contribution in [0.2, 0.25) is 0 Å². The number of hydrogen-bond acceptors (Lipinski definition) is 4. The third-order valence-electron chi connectivity index (χ3n) is 2.16. The number of thioether (sulfide) groups is 1. The van der Waals surface area contributed by atoms with Crippen LogP contribution in [0.25, 0.3) is 6.08 Å². The molecule has 0 atom stereocenters. The number of aromatic nitrogens is 1. The Morgan fingerprint density at radius 2 is 2.38 bits per heavy atom. The van der Waals surface area contributed by atoms with Gasteiger partial charge in [0.05, 0.1) is 10.6 Å². The molecule has 0 aliphatic carbocycles. The number of pyridine rings is 1. The first-order chi connectivity index (χ1) is 7.72. The topological polar surface area (TPSA) is 33.2 Å². The molecule has 2 heterocycles. The number of likely N-dealkylation sites (N-methyl/N-ethyl adjacent to an activating group) is 1. The minimum atomic E-state index is -0.0249. The molecule has 1 amide bonds. The summed E-state index contributed by atoms with van der Waals surface area (Å²) >= 11 is 6.45. The number of thiocarbonyl (C=S) groups is 1. The van der Waals surface area contributed by atoms with Crippen LogP contribution in [0.4, 0.5) is 0 Å². The van der Waals surface area contributed by atoms with Crippen LogP contribution < -0.4 is 0 Å². The van der Waals surface area contributed by atoms with Crippen molar-refractivity contribution in [3.8, 4) is 0 Å². The molecule has 82 valence electrons. The molecule has 1 aromatic heterocycles. The molecule has 0 N–H and O–H groups in total. The highest BCUT2D eigenvalue weighted by Gasteiger charge is 2.30. The number of hydrogen-bond donors (Lipinski definition) is 0. The van der Waals surface area contributed by atoms with Crippen LogP contribution in [0, 0.1) is 0 Å². The third kappa shape index (κ3) is 2.15. The summed E-state index contributed by atoms with van der Waals surface area (Å²) in [6.45, 7) is 2.53. The molecule has 0 spiro atoms. The Morgan fingerprint density at radius 3 is 2.94 bits per heavy atom. The van der Waals surface area contributed by atoms with E-state index in [2.05, 4.69) is 4.98 Å². The number of amides is 1. The maximum atomic E-state index is 11.9. The monoisotopic (exact) mass is 250 g/mol. The van der Waals surface area contributed by atoms with Crippen LogP contribution in [0.3, 0.4) is 0 Å². The van der Waals surface area contributed by atoms with E-state index in [1.54, 1.807) is 17.2 Å². The fourth-order valence-electron chi connectivity index (χ4n) is 1.37. The van der Waals surface area contributed by atoms with Gasteiger partial charge in [-0.05, 0) is 25.1 Å². The molecule has 16 heavy (non-hydrogen) atoms. The smallest absolute Gasteiger partial charge is 0.266 e. The highest BCUT2D eigenvalue weighted by molar-refractivity contribution is 8.26. The highest BCUT2D eigenvalue weighted by Crippen LogP contribution is 2.31. The summed E-state index contributed by atoms with van der Waals surface area (Å²) < 4.78 is 0.620. The standard InChI is InChI=1S/C11H10N2OS2/c1-2-13-10(14)9(16-11(13)15)7-8-5-3-4-6-12-8/h3-7H,2H2,1H3/b9-7-. The number of carbonyl (C=O) groups excluding carboxylic acids is 1. The zero-order chi connectivity index (χ0) is 11.5.